The minimum absolute atomic E-state index is 0.580. The summed E-state index contributed by atoms with van der Waals surface area (Å²) in [6.45, 7) is 7.80. The zero-order chi connectivity index (χ0) is 21.5. The Kier molecular flexibility index (Phi) is 22.9. The van der Waals surface area contributed by atoms with Gasteiger partial charge in [-0.15, -0.1) is 0 Å². The molecule has 0 N–H and O–H groups in total. The quantitative estimate of drug-likeness (QED) is 0.112. The fraction of sp³-hybridized carbons (Fsp3) is 1.00. The zero-order valence-corrected chi connectivity index (χ0v) is 21.1. The highest BCUT2D eigenvalue weighted by Crippen LogP contribution is 2.49. The van der Waals surface area contributed by atoms with Crippen LogP contribution in [0.2, 0.25) is 0 Å². The van der Waals surface area contributed by atoms with Crippen molar-refractivity contribution < 1.29 is 13.6 Å². The highest BCUT2D eigenvalue weighted by atomic mass is 31.2. The summed E-state index contributed by atoms with van der Waals surface area (Å²) in [6, 6.07) is 0. The molecule has 0 aliphatic rings. The van der Waals surface area contributed by atoms with Crippen LogP contribution in [0.5, 0.6) is 0 Å². The largest absolute Gasteiger partial charge is 0.330 e. The Morgan fingerprint density at radius 3 is 1.10 bits per heavy atom. The molecule has 0 bridgehead atoms. The smallest absolute Gasteiger partial charge is 0.309 e. The van der Waals surface area contributed by atoms with E-state index in [4.69, 9.17) is 9.05 Å². The topological polar surface area (TPSA) is 35.5 Å². The molecule has 0 spiro atoms. The minimum Gasteiger partial charge on any atom is -0.309 e. The van der Waals surface area contributed by atoms with Gasteiger partial charge in [-0.3, -0.25) is 4.57 Å². The van der Waals surface area contributed by atoms with Crippen LogP contribution in [0.15, 0.2) is 0 Å². The summed E-state index contributed by atoms with van der Waals surface area (Å²) in [5.74, 6) is 0. The van der Waals surface area contributed by atoms with Gasteiger partial charge in [-0.05, 0) is 19.3 Å². The van der Waals surface area contributed by atoms with Gasteiger partial charge in [0.05, 0.1) is 19.4 Å². The molecule has 0 aromatic rings. The van der Waals surface area contributed by atoms with Gasteiger partial charge in [0.15, 0.2) is 0 Å². The van der Waals surface area contributed by atoms with Crippen LogP contribution in [0.25, 0.3) is 0 Å². The van der Waals surface area contributed by atoms with Crippen molar-refractivity contribution in [3.8, 4) is 0 Å². The predicted molar refractivity (Wildman–Crippen MR) is 129 cm³/mol. The number of hydrogen-bond acceptors (Lipinski definition) is 3. The van der Waals surface area contributed by atoms with E-state index in [1.807, 2.05) is 0 Å². The van der Waals surface area contributed by atoms with E-state index >= 15 is 0 Å². The lowest BCUT2D eigenvalue weighted by Crippen LogP contribution is -2.03. The van der Waals surface area contributed by atoms with E-state index in [0.717, 1.165) is 25.7 Å². The van der Waals surface area contributed by atoms with Crippen molar-refractivity contribution in [1.82, 2.24) is 0 Å². The van der Waals surface area contributed by atoms with Gasteiger partial charge in [-0.2, -0.15) is 0 Å². The minimum atomic E-state index is -2.87. The van der Waals surface area contributed by atoms with E-state index in [1.54, 1.807) is 0 Å². The van der Waals surface area contributed by atoms with E-state index in [0.29, 0.717) is 19.4 Å². The monoisotopic (exact) mass is 432 g/mol. The van der Waals surface area contributed by atoms with Crippen LogP contribution in [-0.2, 0) is 13.6 Å². The van der Waals surface area contributed by atoms with Gasteiger partial charge in [-0.1, -0.05) is 124 Å². The molecule has 3 nitrogen and oxygen atoms in total. The first-order valence-corrected chi connectivity index (χ1v) is 14.8. The third kappa shape index (κ3) is 21.2. The zero-order valence-electron chi connectivity index (χ0n) is 20.2. The van der Waals surface area contributed by atoms with E-state index in [-0.39, 0.29) is 0 Å². The summed E-state index contributed by atoms with van der Waals surface area (Å²) in [5, 5.41) is 0. The van der Waals surface area contributed by atoms with Crippen molar-refractivity contribution in [1.29, 1.82) is 0 Å². The molecule has 0 aromatic heterocycles. The lowest BCUT2D eigenvalue weighted by atomic mass is 10.1. The standard InChI is InChI=1S/C25H53O3P/c1-4-7-10-12-13-14-15-16-17-18-20-22-24-28-29(26,25-9-6-3)27-23-21-19-11-8-5-2/h4-25H2,1-3H3. The van der Waals surface area contributed by atoms with Crippen LogP contribution in [0.1, 0.15) is 143 Å². The van der Waals surface area contributed by atoms with Crippen LogP contribution in [0.4, 0.5) is 0 Å². The maximum absolute atomic E-state index is 12.9. The average molecular weight is 433 g/mol. The van der Waals surface area contributed by atoms with Crippen molar-refractivity contribution in [3.05, 3.63) is 0 Å². The van der Waals surface area contributed by atoms with E-state index in [1.165, 1.54) is 96.3 Å². The summed E-state index contributed by atoms with van der Waals surface area (Å²) in [6.07, 6.45) is 24.4. The van der Waals surface area contributed by atoms with Gasteiger partial charge >= 0.3 is 7.60 Å². The van der Waals surface area contributed by atoms with Crippen molar-refractivity contribution in [2.45, 2.75) is 143 Å². The molecule has 0 radical (unpaired) electrons. The van der Waals surface area contributed by atoms with Crippen molar-refractivity contribution in [2.24, 2.45) is 0 Å². The van der Waals surface area contributed by atoms with Crippen LogP contribution >= 0.6 is 7.60 Å². The second-order valence-electron chi connectivity index (χ2n) is 8.66. The summed E-state index contributed by atoms with van der Waals surface area (Å²) >= 11 is 0. The van der Waals surface area contributed by atoms with Gasteiger partial charge < -0.3 is 9.05 Å². The van der Waals surface area contributed by atoms with Crippen molar-refractivity contribution >= 4 is 7.60 Å². The molecule has 1 atom stereocenters. The Balaban J connectivity index is 3.66. The Bertz CT molecular complexity index is 360. The number of hydrogen-bond donors (Lipinski definition) is 0. The predicted octanol–water partition coefficient (Wildman–Crippen LogP) is 9.68. The normalized spacial score (nSPS) is 13.6. The molecule has 176 valence electrons. The van der Waals surface area contributed by atoms with E-state index in [2.05, 4.69) is 20.8 Å². The third-order valence-corrected chi connectivity index (χ3v) is 7.62. The molecule has 1 unspecified atom stereocenters. The second kappa shape index (κ2) is 22.8. The Morgan fingerprint density at radius 1 is 0.448 bits per heavy atom. The van der Waals surface area contributed by atoms with Crippen molar-refractivity contribution in [3.63, 3.8) is 0 Å². The van der Waals surface area contributed by atoms with Gasteiger partial charge in [0.2, 0.25) is 0 Å². The molecule has 0 amide bonds. The molecule has 0 aromatic carbocycles. The summed E-state index contributed by atoms with van der Waals surface area (Å²) in [4.78, 5) is 0. The molecule has 4 heteroatoms. The van der Waals surface area contributed by atoms with Gasteiger partial charge in [0.1, 0.15) is 0 Å². The lowest BCUT2D eigenvalue weighted by molar-refractivity contribution is 0.197. The number of unbranched alkanes of at least 4 members (excludes halogenated alkanes) is 16. The van der Waals surface area contributed by atoms with Crippen LogP contribution in [-0.4, -0.2) is 19.4 Å². The highest BCUT2D eigenvalue weighted by Gasteiger charge is 2.23. The first-order chi connectivity index (χ1) is 14.2. The van der Waals surface area contributed by atoms with Crippen LogP contribution in [0, 0.1) is 0 Å². The molecule has 0 fully saturated rings. The Morgan fingerprint density at radius 2 is 0.759 bits per heavy atom. The molecule has 0 heterocycles. The number of rotatable bonds is 24. The molecule has 0 rings (SSSR count). The summed E-state index contributed by atoms with van der Waals surface area (Å²) in [5.41, 5.74) is 0. The van der Waals surface area contributed by atoms with Crippen LogP contribution < -0.4 is 0 Å². The fourth-order valence-corrected chi connectivity index (χ4v) is 5.42. The van der Waals surface area contributed by atoms with Gasteiger partial charge in [-0.25, -0.2) is 0 Å². The van der Waals surface area contributed by atoms with Crippen molar-refractivity contribution in [2.75, 3.05) is 19.4 Å². The molecule has 29 heavy (non-hydrogen) atoms. The first-order valence-electron chi connectivity index (χ1n) is 13.1. The average Bonchev–Trinajstić information content (AvgIpc) is 2.72. The maximum atomic E-state index is 12.9. The summed E-state index contributed by atoms with van der Waals surface area (Å²) < 4.78 is 24.5. The Labute approximate surface area is 183 Å². The molecule has 0 aliphatic carbocycles. The van der Waals surface area contributed by atoms with Gasteiger partial charge in [0.25, 0.3) is 0 Å². The first kappa shape index (κ1) is 29.1. The maximum Gasteiger partial charge on any atom is 0.330 e. The Hall–Kier alpha value is 0.150. The highest BCUT2D eigenvalue weighted by molar-refractivity contribution is 7.53. The molecular weight excluding hydrogens is 379 g/mol. The van der Waals surface area contributed by atoms with E-state index in [9.17, 15) is 4.57 Å². The van der Waals surface area contributed by atoms with Gasteiger partial charge in [0, 0.05) is 0 Å². The molecule has 0 aliphatic heterocycles. The summed E-state index contributed by atoms with van der Waals surface area (Å²) in [7, 11) is -2.87. The molecule has 0 saturated carbocycles. The molecule has 0 saturated heterocycles. The van der Waals surface area contributed by atoms with E-state index < -0.39 is 7.60 Å². The SMILES string of the molecule is CCCCCCCCCCCCCCOP(=O)(CCCC)OCCCCCCC. The lowest BCUT2D eigenvalue weighted by Gasteiger charge is -2.18. The third-order valence-electron chi connectivity index (χ3n) is 5.61. The van der Waals surface area contributed by atoms with Crippen LogP contribution in [0.3, 0.4) is 0 Å². The molecular formula is C25H53O3P. The fourth-order valence-electron chi connectivity index (χ4n) is 3.57. The second-order valence-corrected chi connectivity index (χ2v) is 10.8.